The Balaban J connectivity index is 1.56. The van der Waals surface area contributed by atoms with Gasteiger partial charge in [0.15, 0.2) is 11.5 Å². The second-order valence-electron chi connectivity index (χ2n) is 10.5. The molecule has 0 aliphatic rings. The van der Waals surface area contributed by atoms with Crippen molar-refractivity contribution in [3.05, 3.63) is 95.0 Å². The lowest BCUT2D eigenvalue weighted by Crippen LogP contribution is -2.03. The zero-order valence-electron chi connectivity index (χ0n) is 24.0. The van der Waals surface area contributed by atoms with Crippen molar-refractivity contribution in [3.63, 3.8) is 0 Å². The predicted octanol–water partition coefficient (Wildman–Crippen LogP) is 9.53. The van der Waals surface area contributed by atoms with Crippen LogP contribution in [0.1, 0.15) is 0 Å². The van der Waals surface area contributed by atoms with Gasteiger partial charge in [-0.2, -0.15) is 27.1 Å². The maximum Gasteiger partial charge on any atom is 0.297 e. The highest BCUT2D eigenvalue weighted by Crippen LogP contribution is 2.51. The summed E-state index contributed by atoms with van der Waals surface area (Å²) in [5, 5.41) is 28.6. The summed E-state index contributed by atoms with van der Waals surface area (Å²) in [5.41, 5.74) is 14.8. The average molecular weight is 724 g/mol. The van der Waals surface area contributed by atoms with Gasteiger partial charge in [0, 0.05) is 43.1 Å². The number of rotatable bonds is 7. The highest BCUT2D eigenvalue weighted by atomic mass is 35.5. The highest BCUT2D eigenvalue weighted by molar-refractivity contribution is 7.86. The third kappa shape index (κ3) is 5.34. The van der Waals surface area contributed by atoms with Crippen LogP contribution in [0.3, 0.4) is 0 Å². The summed E-state index contributed by atoms with van der Waals surface area (Å²) in [4.78, 5) is -1.60. The number of phenols is 2. The minimum Gasteiger partial charge on any atom is -0.505 e. The first-order valence-corrected chi connectivity index (χ1v) is 17.2. The molecule has 0 aliphatic heterocycles. The van der Waals surface area contributed by atoms with Crippen LogP contribution in [0.5, 0.6) is 11.5 Å². The monoisotopic (exact) mass is 722 g/mol. The molecule has 0 radical (unpaired) electrons. The molecule has 0 atom stereocenters. The summed E-state index contributed by atoms with van der Waals surface area (Å²) in [5.74, 6) is -1.22. The molecular formula is C32H20Cl2N4O8S2. The smallest absolute Gasteiger partial charge is 0.297 e. The van der Waals surface area contributed by atoms with Gasteiger partial charge in [-0.25, -0.2) is 11.1 Å². The van der Waals surface area contributed by atoms with E-state index in [9.17, 15) is 36.2 Å². The lowest BCUT2D eigenvalue weighted by atomic mass is 9.93. The molecule has 0 saturated carbocycles. The Kier molecular flexibility index (Phi) is 8.19. The largest absolute Gasteiger partial charge is 0.505 e. The van der Waals surface area contributed by atoms with E-state index in [1.165, 1.54) is 48.5 Å². The van der Waals surface area contributed by atoms with Crippen molar-refractivity contribution in [2.45, 2.75) is 9.79 Å². The van der Waals surface area contributed by atoms with E-state index in [4.69, 9.17) is 34.3 Å². The maximum atomic E-state index is 12.6. The molecule has 0 aliphatic carbocycles. The Morgan fingerprint density at radius 2 is 0.875 bits per heavy atom. The summed E-state index contributed by atoms with van der Waals surface area (Å²) in [6, 6.07) is 21.5. The van der Waals surface area contributed by atoms with E-state index in [1.54, 1.807) is 36.4 Å². The van der Waals surface area contributed by atoms with Crippen molar-refractivity contribution in [1.82, 2.24) is 0 Å². The fraction of sp³-hybridized carbons (Fsp3) is 0. The van der Waals surface area contributed by atoms with E-state index < -0.39 is 52.9 Å². The zero-order chi connectivity index (χ0) is 34.7. The molecule has 6 aromatic rings. The van der Waals surface area contributed by atoms with Crippen LogP contribution in [0.15, 0.2) is 105 Å². The van der Waals surface area contributed by atoms with Gasteiger partial charge in [0.1, 0.15) is 21.2 Å². The van der Waals surface area contributed by atoms with Crippen molar-refractivity contribution < 1.29 is 36.2 Å². The molecule has 6 rings (SSSR count). The number of benzene rings is 6. The van der Waals surface area contributed by atoms with Crippen LogP contribution in [0.2, 0.25) is 10.0 Å². The summed E-state index contributed by atoms with van der Waals surface area (Å²) in [6.45, 7) is 0. The molecule has 0 spiro atoms. The summed E-state index contributed by atoms with van der Waals surface area (Å²) in [7, 11) is -10.1. The number of nitrogens with one attached hydrogen (secondary N) is 2. The molecule has 6 aromatic carbocycles. The van der Waals surface area contributed by atoms with Crippen LogP contribution in [-0.4, -0.2) is 36.2 Å². The SMILES string of the molecule is N=Nc1c(S(=O)(=O)O)c(-c2ccc(-c3ccc(-c4c(S(=O)(=O)O)c(N=N)c(O)c5ccccc45)c(Cl)c3)cc2Cl)c2ccccc2c1O. The Labute approximate surface area is 282 Å². The van der Waals surface area contributed by atoms with Gasteiger partial charge in [0.25, 0.3) is 20.2 Å². The van der Waals surface area contributed by atoms with Gasteiger partial charge in [0.05, 0.1) is 0 Å². The molecule has 0 aromatic heterocycles. The third-order valence-electron chi connectivity index (χ3n) is 7.79. The highest BCUT2D eigenvalue weighted by Gasteiger charge is 2.31. The fourth-order valence-corrected chi connectivity index (χ4v) is 8.09. The molecule has 0 unspecified atom stereocenters. The van der Waals surface area contributed by atoms with Crippen LogP contribution in [-0.2, 0) is 20.2 Å². The van der Waals surface area contributed by atoms with Crippen molar-refractivity contribution in [1.29, 1.82) is 11.1 Å². The van der Waals surface area contributed by atoms with E-state index in [0.717, 1.165) is 0 Å². The van der Waals surface area contributed by atoms with Crippen LogP contribution < -0.4 is 0 Å². The van der Waals surface area contributed by atoms with Crippen molar-refractivity contribution in [2.75, 3.05) is 0 Å². The van der Waals surface area contributed by atoms with Crippen LogP contribution >= 0.6 is 23.2 Å². The van der Waals surface area contributed by atoms with Crippen LogP contribution in [0.4, 0.5) is 11.4 Å². The quantitative estimate of drug-likeness (QED) is 0.0686. The molecule has 0 fully saturated rings. The van der Waals surface area contributed by atoms with Crippen LogP contribution in [0, 0.1) is 11.1 Å². The lowest BCUT2D eigenvalue weighted by Gasteiger charge is -2.18. The predicted molar refractivity (Wildman–Crippen MR) is 180 cm³/mol. The molecule has 48 heavy (non-hydrogen) atoms. The maximum absolute atomic E-state index is 12.6. The Morgan fingerprint density at radius 3 is 1.17 bits per heavy atom. The topological polar surface area (TPSA) is 222 Å². The van der Waals surface area contributed by atoms with Gasteiger partial charge in [-0.1, -0.05) is 96.0 Å². The molecule has 0 amide bonds. The van der Waals surface area contributed by atoms with E-state index in [-0.39, 0.29) is 53.8 Å². The molecule has 6 N–H and O–H groups in total. The first-order chi connectivity index (χ1) is 22.7. The normalized spacial score (nSPS) is 12.0. The third-order valence-corrected chi connectivity index (χ3v) is 10.2. The van der Waals surface area contributed by atoms with Crippen molar-refractivity contribution >= 4 is 76.4 Å². The Bertz CT molecular complexity index is 2430. The minimum absolute atomic E-state index is 0.0178. The number of halogens is 2. The number of hydrogen-bond donors (Lipinski definition) is 6. The van der Waals surface area contributed by atoms with E-state index in [2.05, 4.69) is 10.2 Å². The van der Waals surface area contributed by atoms with Gasteiger partial charge in [-0.15, -0.1) is 0 Å². The lowest BCUT2D eigenvalue weighted by molar-refractivity contribution is 0.472. The standard InChI is InChI=1S/C32H20Cl2N4O8S2/c33-23-13-15(9-11-21(23)25-17-5-1-3-7-19(17)29(39)27(37-35)31(25)47(41,42)43)16-10-12-22(24(34)14-16)26-18-6-2-4-8-20(18)30(40)28(38-36)32(26)48(44,45)46/h1-14,35-36,39-40H,(H,41,42,43)(H,44,45,46). The first-order valence-electron chi connectivity index (χ1n) is 13.5. The van der Waals surface area contributed by atoms with Gasteiger partial charge in [0.2, 0.25) is 0 Å². The zero-order valence-corrected chi connectivity index (χ0v) is 27.1. The molecule has 242 valence electrons. The van der Waals surface area contributed by atoms with Gasteiger partial charge >= 0.3 is 0 Å². The number of fused-ring (bicyclic) bond motifs is 2. The average Bonchev–Trinajstić information content (AvgIpc) is 3.04. The number of phenolic OH excluding ortho intramolecular Hbond substituents is 2. The van der Waals surface area contributed by atoms with Gasteiger partial charge in [-0.05, 0) is 34.0 Å². The molecule has 0 heterocycles. The molecule has 16 heteroatoms. The van der Waals surface area contributed by atoms with Crippen molar-refractivity contribution in [3.8, 4) is 44.9 Å². The minimum atomic E-state index is -5.04. The number of nitrogens with zero attached hydrogens (tertiary/aromatic N) is 2. The van der Waals surface area contributed by atoms with Gasteiger partial charge < -0.3 is 10.2 Å². The molecule has 12 nitrogen and oxygen atoms in total. The summed E-state index contributed by atoms with van der Waals surface area (Å²) in [6.07, 6.45) is 0. The van der Waals surface area contributed by atoms with E-state index >= 15 is 0 Å². The van der Waals surface area contributed by atoms with E-state index in [1.807, 2.05) is 0 Å². The van der Waals surface area contributed by atoms with E-state index in [0.29, 0.717) is 11.1 Å². The molecule has 0 saturated heterocycles. The molecular weight excluding hydrogens is 703 g/mol. The number of hydrogen-bond acceptors (Lipinski definition) is 10. The summed E-state index contributed by atoms with van der Waals surface area (Å²) >= 11 is 13.5. The fourth-order valence-electron chi connectivity index (χ4n) is 5.81. The van der Waals surface area contributed by atoms with Gasteiger partial charge in [-0.3, -0.25) is 9.11 Å². The second kappa shape index (κ2) is 11.9. The van der Waals surface area contributed by atoms with Crippen molar-refractivity contribution in [2.24, 2.45) is 10.2 Å². The molecule has 0 bridgehead atoms. The Morgan fingerprint density at radius 1 is 0.542 bits per heavy atom. The second-order valence-corrected chi connectivity index (χ2v) is 14.0. The summed E-state index contributed by atoms with van der Waals surface area (Å²) < 4.78 is 70.6. The number of aromatic hydroxyl groups is 2. The Hall–Kier alpha value is -4.96. The van der Waals surface area contributed by atoms with Crippen LogP contribution in [0.25, 0.3) is 54.9 Å². The first kappa shape index (κ1) is 33.0.